The summed E-state index contributed by atoms with van der Waals surface area (Å²) < 4.78 is 49.9. The molecule has 0 heterocycles. The smallest absolute Gasteiger partial charge is 0.342 e. The van der Waals surface area contributed by atoms with Gasteiger partial charge in [-0.2, -0.15) is 0 Å². The molecule has 34 heavy (non-hydrogen) atoms. The SMILES string of the molecule is CCC(COC(=O)c1ccc(CS(=O)(=O)c2cccc(-c3cc(F)ccc3O)c2)cc1O)OC. The molecule has 0 aromatic heterocycles. The van der Waals surface area contributed by atoms with Gasteiger partial charge in [0.2, 0.25) is 0 Å². The van der Waals surface area contributed by atoms with Gasteiger partial charge in [0.25, 0.3) is 0 Å². The number of hydrogen-bond donors (Lipinski definition) is 2. The Hall–Kier alpha value is -3.43. The van der Waals surface area contributed by atoms with Crippen molar-refractivity contribution in [3.8, 4) is 22.6 Å². The molecule has 0 amide bonds. The van der Waals surface area contributed by atoms with Gasteiger partial charge in [0.15, 0.2) is 9.84 Å². The van der Waals surface area contributed by atoms with Gasteiger partial charge in [0.05, 0.1) is 16.8 Å². The highest BCUT2D eigenvalue weighted by atomic mass is 32.2. The van der Waals surface area contributed by atoms with Crippen LogP contribution in [0.1, 0.15) is 29.3 Å². The number of benzene rings is 3. The second-order valence-electron chi connectivity index (χ2n) is 7.66. The van der Waals surface area contributed by atoms with Crippen LogP contribution in [0, 0.1) is 5.82 Å². The van der Waals surface area contributed by atoms with Crippen molar-refractivity contribution < 1.29 is 37.3 Å². The van der Waals surface area contributed by atoms with E-state index in [0.717, 1.165) is 12.1 Å². The van der Waals surface area contributed by atoms with Crippen LogP contribution in [0.25, 0.3) is 11.1 Å². The maximum atomic E-state index is 13.6. The molecule has 0 spiro atoms. The van der Waals surface area contributed by atoms with Crippen molar-refractivity contribution in [2.75, 3.05) is 13.7 Å². The third kappa shape index (κ3) is 5.92. The highest BCUT2D eigenvalue weighted by Crippen LogP contribution is 2.32. The number of phenolic OH excluding ortho intramolecular Hbond substituents is 2. The molecule has 7 nitrogen and oxygen atoms in total. The fourth-order valence-electron chi connectivity index (χ4n) is 3.34. The summed E-state index contributed by atoms with van der Waals surface area (Å²) in [5.41, 5.74) is 0.670. The minimum absolute atomic E-state index is 0.0264. The second kappa shape index (κ2) is 10.7. The van der Waals surface area contributed by atoms with Gasteiger partial charge in [-0.1, -0.05) is 25.1 Å². The molecule has 9 heteroatoms. The lowest BCUT2D eigenvalue weighted by Gasteiger charge is -2.14. The Morgan fingerprint density at radius 1 is 1.03 bits per heavy atom. The van der Waals surface area contributed by atoms with Gasteiger partial charge in [-0.25, -0.2) is 17.6 Å². The van der Waals surface area contributed by atoms with Crippen LogP contribution < -0.4 is 0 Å². The first-order valence-corrected chi connectivity index (χ1v) is 12.1. The first-order chi connectivity index (χ1) is 16.1. The standard InChI is InChI=1S/C25H25FO7S/c1-3-19(32-2)14-33-25(29)21-9-7-16(11-24(21)28)15-34(30,31)20-6-4-5-17(12-20)22-13-18(26)8-10-23(22)27/h4-13,19,27-28H,3,14-15H2,1-2H3. The number of carbonyl (C=O) groups is 1. The molecule has 0 radical (unpaired) electrons. The molecular weight excluding hydrogens is 463 g/mol. The monoisotopic (exact) mass is 488 g/mol. The predicted octanol–water partition coefficient (Wildman–Crippen LogP) is 4.46. The molecule has 3 aromatic rings. The molecule has 1 unspecified atom stereocenters. The van der Waals surface area contributed by atoms with Crippen molar-refractivity contribution in [2.45, 2.75) is 30.1 Å². The molecule has 0 saturated heterocycles. The number of carbonyl (C=O) groups excluding carboxylic acids is 1. The summed E-state index contributed by atoms with van der Waals surface area (Å²) in [5, 5.41) is 20.3. The summed E-state index contributed by atoms with van der Waals surface area (Å²) in [4.78, 5) is 12.2. The van der Waals surface area contributed by atoms with E-state index in [1.54, 1.807) is 6.07 Å². The fraction of sp³-hybridized carbons (Fsp3) is 0.240. The fourth-order valence-corrected chi connectivity index (χ4v) is 4.72. The lowest BCUT2D eigenvalue weighted by molar-refractivity contribution is 0.00952. The summed E-state index contributed by atoms with van der Waals surface area (Å²) in [6, 6.07) is 13.1. The highest BCUT2D eigenvalue weighted by molar-refractivity contribution is 7.90. The van der Waals surface area contributed by atoms with Gasteiger partial charge in [-0.3, -0.25) is 0 Å². The minimum Gasteiger partial charge on any atom is -0.507 e. The van der Waals surface area contributed by atoms with Crippen LogP contribution in [0.3, 0.4) is 0 Å². The number of phenols is 2. The van der Waals surface area contributed by atoms with E-state index in [4.69, 9.17) is 9.47 Å². The van der Waals surface area contributed by atoms with Gasteiger partial charge >= 0.3 is 5.97 Å². The number of halogens is 1. The molecule has 0 aliphatic carbocycles. The van der Waals surface area contributed by atoms with Crippen molar-refractivity contribution >= 4 is 15.8 Å². The highest BCUT2D eigenvalue weighted by Gasteiger charge is 2.20. The summed E-state index contributed by atoms with van der Waals surface area (Å²) in [6.07, 6.45) is 0.382. The van der Waals surface area contributed by atoms with E-state index < -0.39 is 33.1 Å². The molecule has 0 aliphatic rings. The van der Waals surface area contributed by atoms with E-state index in [0.29, 0.717) is 12.0 Å². The molecule has 3 aromatic carbocycles. The third-order valence-corrected chi connectivity index (χ3v) is 6.98. The van der Waals surface area contributed by atoms with E-state index in [2.05, 4.69) is 0 Å². The minimum atomic E-state index is -3.86. The van der Waals surface area contributed by atoms with Gasteiger partial charge in [-0.15, -0.1) is 0 Å². The Labute approximate surface area is 197 Å². The summed E-state index contributed by atoms with van der Waals surface area (Å²) in [5.74, 6) is -2.34. The van der Waals surface area contributed by atoms with Gasteiger partial charge in [-0.05, 0) is 60.0 Å². The largest absolute Gasteiger partial charge is 0.507 e. The van der Waals surface area contributed by atoms with E-state index >= 15 is 0 Å². The molecule has 0 saturated carbocycles. The Bertz CT molecular complexity index is 1280. The summed E-state index contributed by atoms with van der Waals surface area (Å²) in [7, 11) is -2.36. The zero-order chi connectivity index (χ0) is 24.9. The summed E-state index contributed by atoms with van der Waals surface area (Å²) in [6.45, 7) is 1.91. The van der Waals surface area contributed by atoms with Crippen LogP contribution >= 0.6 is 0 Å². The van der Waals surface area contributed by atoms with Gasteiger partial charge in [0.1, 0.15) is 29.5 Å². The topological polar surface area (TPSA) is 110 Å². The van der Waals surface area contributed by atoms with Crippen molar-refractivity contribution in [3.05, 3.63) is 77.6 Å². The lowest BCUT2D eigenvalue weighted by Crippen LogP contribution is -2.20. The molecule has 0 aliphatic heterocycles. The van der Waals surface area contributed by atoms with Crippen LogP contribution in [0.15, 0.2) is 65.6 Å². The molecule has 0 fully saturated rings. The number of rotatable bonds is 9. The van der Waals surface area contributed by atoms with Crippen LogP contribution in [0.5, 0.6) is 11.5 Å². The quantitative estimate of drug-likeness (QED) is 0.428. The molecule has 180 valence electrons. The van der Waals surface area contributed by atoms with Crippen molar-refractivity contribution in [2.24, 2.45) is 0 Å². The number of ether oxygens (including phenoxy) is 2. The zero-order valence-electron chi connectivity index (χ0n) is 18.7. The van der Waals surface area contributed by atoms with Crippen molar-refractivity contribution in [3.63, 3.8) is 0 Å². The number of esters is 1. The first-order valence-electron chi connectivity index (χ1n) is 10.5. The Morgan fingerprint density at radius 2 is 1.79 bits per heavy atom. The lowest BCUT2D eigenvalue weighted by atomic mass is 10.0. The maximum Gasteiger partial charge on any atom is 0.342 e. The molecule has 0 bridgehead atoms. The number of hydrogen-bond acceptors (Lipinski definition) is 7. The third-order valence-electron chi connectivity index (χ3n) is 5.29. The molecule has 2 N–H and O–H groups in total. The Balaban J connectivity index is 1.80. The van der Waals surface area contributed by atoms with Crippen LogP contribution in [0.2, 0.25) is 0 Å². The zero-order valence-corrected chi connectivity index (χ0v) is 19.5. The molecule has 3 rings (SSSR count). The van der Waals surface area contributed by atoms with E-state index in [1.807, 2.05) is 6.92 Å². The number of aromatic hydroxyl groups is 2. The summed E-state index contributed by atoms with van der Waals surface area (Å²) >= 11 is 0. The number of methoxy groups -OCH3 is 1. The Kier molecular flexibility index (Phi) is 7.90. The van der Waals surface area contributed by atoms with Crippen LogP contribution in [-0.4, -0.2) is 44.4 Å². The normalized spacial score (nSPS) is 12.3. The first kappa shape index (κ1) is 25.2. The van der Waals surface area contributed by atoms with E-state index in [1.165, 1.54) is 49.6 Å². The van der Waals surface area contributed by atoms with Crippen LogP contribution in [-0.2, 0) is 25.1 Å². The van der Waals surface area contributed by atoms with E-state index in [9.17, 15) is 27.8 Å². The average Bonchev–Trinajstić information content (AvgIpc) is 2.81. The van der Waals surface area contributed by atoms with Crippen molar-refractivity contribution in [1.29, 1.82) is 0 Å². The molecule has 1 atom stereocenters. The maximum absolute atomic E-state index is 13.6. The predicted molar refractivity (Wildman–Crippen MR) is 124 cm³/mol. The van der Waals surface area contributed by atoms with E-state index in [-0.39, 0.29) is 40.0 Å². The Morgan fingerprint density at radius 3 is 2.47 bits per heavy atom. The average molecular weight is 489 g/mol. The molecular formula is C25H25FO7S. The second-order valence-corrected chi connectivity index (χ2v) is 9.65. The van der Waals surface area contributed by atoms with Gasteiger partial charge in [0, 0.05) is 12.7 Å². The van der Waals surface area contributed by atoms with Crippen LogP contribution in [0.4, 0.5) is 4.39 Å². The van der Waals surface area contributed by atoms with Gasteiger partial charge < -0.3 is 19.7 Å². The van der Waals surface area contributed by atoms with Crippen molar-refractivity contribution in [1.82, 2.24) is 0 Å². The number of sulfone groups is 1.